The van der Waals surface area contributed by atoms with Gasteiger partial charge in [-0.25, -0.2) is 13.2 Å². The van der Waals surface area contributed by atoms with Gasteiger partial charge in [0.2, 0.25) is 0 Å². The number of aromatic nitrogens is 2. The fourth-order valence-corrected chi connectivity index (χ4v) is 4.57. The summed E-state index contributed by atoms with van der Waals surface area (Å²) in [4.78, 5) is 13.0. The van der Waals surface area contributed by atoms with Crippen molar-refractivity contribution in [1.29, 1.82) is 0 Å². The molecule has 1 aromatic heterocycles. The summed E-state index contributed by atoms with van der Waals surface area (Å²) in [6.45, 7) is 13.3. The molecule has 0 aliphatic rings. The zero-order valence-electron chi connectivity index (χ0n) is 20.5. The van der Waals surface area contributed by atoms with Crippen LogP contribution in [0.3, 0.4) is 0 Å². The fraction of sp³-hybridized carbons (Fsp3) is 0.440. The molecule has 8 heteroatoms. The van der Waals surface area contributed by atoms with E-state index in [1.807, 2.05) is 39.0 Å². The molecule has 2 aromatic carbocycles. The Morgan fingerprint density at radius 1 is 1.06 bits per heavy atom. The molecule has 0 N–H and O–H groups in total. The Morgan fingerprint density at radius 3 is 2.27 bits per heavy atom. The summed E-state index contributed by atoms with van der Waals surface area (Å²) in [6, 6.07) is 10.8. The number of fused-ring (bicyclic) bond motifs is 1. The van der Waals surface area contributed by atoms with Crippen molar-refractivity contribution >= 4 is 26.8 Å². The van der Waals surface area contributed by atoms with Crippen LogP contribution in [0.5, 0.6) is 5.75 Å². The van der Waals surface area contributed by atoms with Crippen molar-refractivity contribution in [2.45, 2.75) is 71.0 Å². The quantitative estimate of drug-likeness (QED) is 0.505. The predicted octanol–water partition coefficient (Wildman–Crippen LogP) is 5.41. The molecule has 0 spiro atoms. The Balaban J connectivity index is 2.02. The van der Waals surface area contributed by atoms with Crippen LogP contribution in [-0.4, -0.2) is 36.1 Å². The first kappa shape index (κ1) is 24.8. The van der Waals surface area contributed by atoms with E-state index in [0.717, 1.165) is 10.9 Å². The lowest BCUT2D eigenvalue weighted by atomic mass is 9.86. The first-order valence-corrected chi connectivity index (χ1v) is 12.6. The minimum absolute atomic E-state index is 0.108. The number of carbonyl (C=O) groups excluding carboxylic acids is 1. The Morgan fingerprint density at radius 2 is 1.70 bits per heavy atom. The van der Waals surface area contributed by atoms with Crippen LogP contribution in [0.25, 0.3) is 10.9 Å². The number of hydrogen-bond acceptors (Lipinski definition) is 6. The van der Waals surface area contributed by atoms with Crippen LogP contribution in [0.1, 0.15) is 58.4 Å². The zero-order chi connectivity index (χ0) is 24.8. The average molecular weight is 473 g/mol. The molecule has 0 saturated heterocycles. The smallest absolute Gasteiger partial charge is 0.435 e. The van der Waals surface area contributed by atoms with Crippen LogP contribution in [0.2, 0.25) is 0 Å². The van der Waals surface area contributed by atoms with Crippen molar-refractivity contribution in [1.82, 2.24) is 9.78 Å². The van der Waals surface area contributed by atoms with E-state index in [9.17, 15) is 13.2 Å². The summed E-state index contributed by atoms with van der Waals surface area (Å²) >= 11 is 0. The van der Waals surface area contributed by atoms with E-state index >= 15 is 0 Å². The van der Waals surface area contributed by atoms with Crippen LogP contribution in [0.15, 0.2) is 41.3 Å². The summed E-state index contributed by atoms with van der Waals surface area (Å²) in [5, 5.41) is 5.26. The van der Waals surface area contributed by atoms with Gasteiger partial charge in [0.1, 0.15) is 23.7 Å². The third-order valence-corrected chi connectivity index (χ3v) is 6.32. The molecule has 33 heavy (non-hydrogen) atoms. The molecule has 0 fully saturated rings. The van der Waals surface area contributed by atoms with Crippen LogP contribution >= 0.6 is 0 Å². The van der Waals surface area contributed by atoms with Crippen molar-refractivity contribution in [3.63, 3.8) is 0 Å². The lowest BCUT2D eigenvalue weighted by molar-refractivity contribution is 0.0521. The molecule has 1 heterocycles. The molecule has 0 radical (unpaired) electrons. The Labute approximate surface area is 195 Å². The van der Waals surface area contributed by atoms with E-state index in [-0.39, 0.29) is 12.0 Å². The number of rotatable bonds is 4. The van der Waals surface area contributed by atoms with Gasteiger partial charge in [-0.15, -0.1) is 0 Å². The van der Waals surface area contributed by atoms with E-state index < -0.39 is 21.5 Å². The number of para-hydroxylation sites is 1. The largest absolute Gasteiger partial charge is 0.487 e. The molecular weight excluding hydrogens is 440 g/mol. The number of hydrogen-bond donors (Lipinski definition) is 0. The zero-order valence-corrected chi connectivity index (χ0v) is 21.3. The highest BCUT2D eigenvalue weighted by molar-refractivity contribution is 7.90. The van der Waals surface area contributed by atoms with E-state index in [1.54, 1.807) is 45.9 Å². The number of aryl methyl sites for hydroxylation is 1. The predicted molar refractivity (Wildman–Crippen MR) is 129 cm³/mol. The molecular formula is C25H32N2O5S. The van der Waals surface area contributed by atoms with E-state index in [4.69, 9.17) is 9.47 Å². The van der Waals surface area contributed by atoms with E-state index in [1.165, 1.54) is 10.9 Å². The summed E-state index contributed by atoms with van der Waals surface area (Å²) < 4.78 is 37.4. The minimum atomic E-state index is -3.37. The molecule has 3 rings (SSSR count). The second-order valence-electron chi connectivity index (χ2n) is 10.3. The highest BCUT2D eigenvalue weighted by atomic mass is 32.2. The van der Waals surface area contributed by atoms with Crippen molar-refractivity contribution < 1.29 is 22.7 Å². The van der Waals surface area contributed by atoms with Crippen LogP contribution < -0.4 is 4.74 Å². The number of benzene rings is 2. The summed E-state index contributed by atoms with van der Waals surface area (Å²) in [5.74, 6) is 0.586. The molecule has 178 valence electrons. The second kappa shape index (κ2) is 8.48. The van der Waals surface area contributed by atoms with Gasteiger partial charge in [0, 0.05) is 17.2 Å². The molecule has 7 nitrogen and oxygen atoms in total. The van der Waals surface area contributed by atoms with Crippen molar-refractivity contribution in [3.05, 3.63) is 53.2 Å². The van der Waals surface area contributed by atoms with Gasteiger partial charge in [0.15, 0.2) is 9.84 Å². The molecule has 0 saturated carbocycles. The Bertz CT molecular complexity index is 1310. The van der Waals surface area contributed by atoms with Crippen LogP contribution in [0, 0.1) is 6.92 Å². The second-order valence-corrected chi connectivity index (χ2v) is 12.3. The number of ether oxygens (including phenoxy) is 2. The van der Waals surface area contributed by atoms with Gasteiger partial charge in [-0.05, 0) is 56.9 Å². The van der Waals surface area contributed by atoms with Gasteiger partial charge in [-0.1, -0.05) is 39.0 Å². The fourth-order valence-electron chi connectivity index (χ4n) is 3.59. The summed E-state index contributed by atoms with van der Waals surface area (Å²) in [6.07, 6.45) is 0.645. The highest BCUT2D eigenvalue weighted by Crippen LogP contribution is 2.36. The van der Waals surface area contributed by atoms with E-state index in [0.29, 0.717) is 27.4 Å². The van der Waals surface area contributed by atoms with Gasteiger partial charge < -0.3 is 9.47 Å². The topological polar surface area (TPSA) is 87.5 Å². The maximum Gasteiger partial charge on any atom is 0.435 e. The molecule has 0 amide bonds. The molecule has 0 aliphatic heterocycles. The standard InChI is InChI=1S/C25H32N2O5S/c1-16-13-21(18(24(2,3)4)14-22(16)33(8,29)30)31-15-19-17-11-9-10-12-20(17)27(26-19)23(28)32-25(5,6)7/h9-14H,15H2,1-8H3. The molecule has 0 unspecified atom stereocenters. The minimum Gasteiger partial charge on any atom is -0.487 e. The monoisotopic (exact) mass is 472 g/mol. The van der Waals surface area contributed by atoms with E-state index in [2.05, 4.69) is 5.10 Å². The van der Waals surface area contributed by atoms with Crippen molar-refractivity contribution in [3.8, 4) is 5.75 Å². The first-order chi connectivity index (χ1) is 15.1. The normalized spacial score (nSPS) is 12.7. The van der Waals surface area contributed by atoms with Crippen molar-refractivity contribution in [2.24, 2.45) is 0 Å². The Kier molecular flexibility index (Phi) is 6.37. The molecule has 0 bridgehead atoms. The Hall–Kier alpha value is -2.87. The maximum absolute atomic E-state index is 12.7. The molecule has 3 aromatic rings. The highest BCUT2D eigenvalue weighted by Gasteiger charge is 2.25. The molecule has 0 aliphatic carbocycles. The van der Waals surface area contributed by atoms with Gasteiger partial charge in [0.05, 0.1) is 10.4 Å². The third-order valence-electron chi connectivity index (χ3n) is 5.08. The SMILES string of the molecule is Cc1cc(OCc2nn(C(=O)OC(C)(C)C)c3ccccc23)c(C(C)(C)C)cc1S(C)(=O)=O. The van der Waals surface area contributed by atoms with Gasteiger partial charge in [-0.2, -0.15) is 9.78 Å². The van der Waals surface area contributed by atoms with Gasteiger partial charge in [0.25, 0.3) is 0 Å². The van der Waals surface area contributed by atoms with Crippen LogP contribution in [-0.2, 0) is 26.6 Å². The molecule has 0 atom stereocenters. The third kappa shape index (κ3) is 5.55. The van der Waals surface area contributed by atoms with Crippen molar-refractivity contribution in [2.75, 3.05) is 6.26 Å². The average Bonchev–Trinajstić information content (AvgIpc) is 3.02. The van der Waals surface area contributed by atoms with Gasteiger partial charge in [-0.3, -0.25) is 0 Å². The summed E-state index contributed by atoms with van der Waals surface area (Å²) in [7, 11) is -3.37. The maximum atomic E-state index is 12.7. The van der Waals surface area contributed by atoms with Gasteiger partial charge >= 0.3 is 6.09 Å². The number of sulfone groups is 1. The number of carbonyl (C=O) groups is 1. The lowest BCUT2D eigenvalue weighted by Gasteiger charge is -2.24. The first-order valence-electron chi connectivity index (χ1n) is 10.8. The number of nitrogens with zero attached hydrogens (tertiary/aromatic N) is 2. The van der Waals surface area contributed by atoms with Crippen LogP contribution in [0.4, 0.5) is 4.79 Å². The summed E-state index contributed by atoms with van der Waals surface area (Å²) in [5.41, 5.74) is 1.61. The lowest BCUT2D eigenvalue weighted by Crippen LogP contribution is -2.27.